The second kappa shape index (κ2) is 8.47. The Morgan fingerprint density at radius 2 is 1.75 bits per heavy atom. The van der Waals surface area contributed by atoms with Gasteiger partial charge in [0.25, 0.3) is 0 Å². The van der Waals surface area contributed by atoms with Gasteiger partial charge in [0.2, 0.25) is 11.2 Å². The van der Waals surface area contributed by atoms with Crippen molar-refractivity contribution in [2.24, 2.45) is 0 Å². The molecule has 0 saturated heterocycles. The standard InChI is InChI=1S/C21H21NO6/c1-4-22(5-2)21(24)27-14-10-11-15-18(12-14)26-13-19(20(15)23)28-17-9-7-6-8-16(17)25-3/h6-13H,4-5H2,1-3H3. The average molecular weight is 383 g/mol. The highest BCUT2D eigenvalue weighted by atomic mass is 16.6. The third-order valence-corrected chi connectivity index (χ3v) is 4.23. The number of hydrogen-bond donors (Lipinski definition) is 0. The molecular weight excluding hydrogens is 362 g/mol. The summed E-state index contributed by atoms with van der Waals surface area (Å²) >= 11 is 0. The predicted molar refractivity (Wildman–Crippen MR) is 104 cm³/mol. The third kappa shape index (κ3) is 3.93. The zero-order valence-electron chi connectivity index (χ0n) is 15.9. The zero-order valence-corrected chi connectivity index (χ0v) is 15.9. The Balaban J connectivity index is 1.88. The SMILES string of the molecule is CCN(CC)C(=O)Oc1ccc2c(=O)c(Oc3ccccc3OC)coc2c1. The Labute approximate surface area is 162 Å². The summed E-state index contributed by atoms with van der Waals surface area (Å²) in [4.78, 5) is 26.3. The molecule has 0 atom stereocenters. The minimum absolute atomic E-state index is 0.0323. The van der Waals surface area contributed by atoms with Gasteiger partial charge in [-0.05, 0) is 38.1 Å². The molecule has 0 radical (unpaired) electrons. The highest BCUT2D eigenvalue weighted by Gasteiger charge is 2.15. The summed E-state index contributed by atoms with van der Waals surface area (Å²) in [6.07, 6.45) is 0.774. The summed E-state index contributed by atoms with van der Waals surface area (Å²) < 4.78 is 21.8. The topological polar surface area (TPSA) is 78.2 Å². The number of fused-ring (bicyclic) bond motifs is 1. The second-order valence-electron chi connectivity index (χ2n) is 5.88. The summed E-state index contributed by atoms with van der Waals surface area (Å²) in [5.74, 6) is 1.23. The van der Waals surface area contributed by atoms with E-state index in [0.717, 1.165) is 0 Å². The van der Waals surface area contributed by atoms with Gasteiger partial charge in [0.05, 0.1) is 12.5 Å². The fourth-order valence-electron chi connectivity index (χ4n) is 2.69. The minimum atomic E-state index is -0.456. The number of rotatable bonds is 6. The van der Waals surface area contributed by atoms with E-state index in [2.05, 4.69) is 0 Å². The van der Waals surface area contributed by atoms with Crippen molar-refractivity contribution < 1.29 is 23.4 Å². The van der Waals surface area contributed by atoms with E-state index < -0.39 is 6.09 Å². The monoisotopic (exact) mass is 383 g/mol. The van der Waals surface area contributed by atoms with Gasteiger partial charge in [-0.25, -0.2) is 4.79 Å². The first-order valence-corrected chi connectivity index (χ1v) is 8.90. The van der Waals surface area contributed by atoms with Crippen LogP contribution in [0.5, 0.6) is 23.0 Å². The van der Waals surface area contributed by atoms with Crippen LogP contribution in [0.25, 0.3) is 11.0 Å². The van der Waals surface area contributed by atoms with Crippen LogP contribution in [0.3, 0.4) is 0 Å². The number of hydrogen-bond acceptors (Lipinski definition) is 6. The van der Waals surface area contributed by atoms with Gasteiger partial charge in [-0.1, -0.05) is 12.1 Å². The van der Waals surface area contributed by atoms with E-state index in [0.29, 0.717) is 41.3 Å². The molecule has 0 aliphatic heterocycles. The maximum absolute atomic E-state index is 12.7. The lowest BCUT2D eigenvalue weighted by atomic mass is 10.2. The Hall–Kier alpha value is -3.48. The van der Waals surface area contributed by atoms with Crippen LogP contribution >= 0.6 is 0 Å². The van der Waals surface area contributed by atoms with E-state index in [9.17, 15) is 9.59 Å². The van der Waals surface area contributed by atoms with Gasteiger partial charge in [0.15, 0.2) is 11.5 Å². The van der Waals surface area contributed by atoms with Crippen molar-refractivity contribution in [1.82, 2.24) is 4.90 Å². The Kier molecular flexibility index (Phi) is 5.84. The number of carbonyl (C=O) groups is 1. The van der Waals surface area contributed by atoms with Crippen molar-refractivity contribution in [2.75, 3.05) is 20.2 Å². The predicted octanol–water partition coefficient (Wildman–Crippen LogP) is 4.43. The molecule has 0 aliphatic carbocycles. The molecule has 1 amide bonds. The van der Waals surface area contributed by atoms with Crippen molar-refractivity contribution in [1.29, 1.82) is 0 Å². The van der Waals surface area contributed by atoms with Gasteiger partial charge < -0.3 is 23.5 Å². The van der Waals surface area contributed by atoms with Crippen LogP contribution in [0, 0.1) is 0 Å². The van der Waals surface area contributed by atoms with Crippen molar-refractivity contribution in [3.63, 3.8) is 0 Å². The largest absolute Gasteiger partial charge is 0.493 e. The molecule has 7 heteroatoms. The van der Waals surface area contributed by atoms with Crippen LogP contribution in [0.15, 0.2) is 57.9 Å². The summed E-state index contributed by atoms with van der Waals surface area (Å²) in [5, 5.41) is 0.315. The number of benzene rings is 2. The van der Waals surface area contributed by atoms with Crippen molar-refractivity contribution in [3.05, 3.63) is 59.0 Å². The number of para-hydroxylation sites is 2. The second-order valence-corrected chi connectivity index (χ2v) is 5.88. The Morgan fingerprint density at radius 3 is 2.43 bits per heavy atom. The van der Waals surface area contributed by atoms with Gasteiger partial charge in [-0.3, -0.25) is 4.79 Å². The molecule has 1 aromatic heterocycles. The molecule has 3 rings (SSSR count). The molecule has 2 aromatic carbocycles. The van der Waals surface area contributed by atoms with Gasteiger partial charge in [0, 0.05) is 19.2 Å². The Bertz CT molecular complexity index is 1040. The molecule has 0 spiro atoms. The lowest BCUT2D eigenvalue weighted by Gasteiger charge is -2.17. The lowest BCUT2D eigenvalue weighted by molar-refractivity contribution is 0.157. The summed E-state index contributed by atoms with van der Waals surface area (Å²) in [6, 6.07) is 11.6. The van der Waals surface area contributed by atoms with Gasteiger partial charge >= 0.3 is 6.09 Å². The molecule has 0 aliphatic rings. The smallest absolute Gasteiger partial charge is 0.415 e. The average Bonchev–Trinajstić information content (AvgIpc) is 2.71. The number of amides is 1. The van der Waals surface area contributed by atoms with Crippen molar-refractivity contribution >= 4 is 17.1 Å². The molecule has 1 heterocycles. The van der Waals surface area contributed by atoms with Gasteiger partial charge in [0.1, 0.15) is 17.6 Å². The van der Waals surface area contributed by atoms with Crippen LogP contribution in [0.4, 0.5) is 4.79 Å². The van der Waals surface area contributed by atoms with Crippen LogP contribution in [0.2, 0.25) is 0 Å². The normalized spacial score (nSPS) is 10.5. The fraction of sp³-hybridized carbons (Fsp3) is 0.238. The highest BCUT2D eigenvalue weighted by Crippen LogP contribution is 2.30. The van der Waals surface area contributed by atoms with Crippen LogP contribution in [-0.2, 0) is 0 Å². The van der Waals surface area contributed by atoms with Crippen LogP contribution in [0.1, 0.15) is 13.8 Å². The van der Waals surface area contributed by atoms with E-state index in [1.54, 1.807) is 41.3 Å². The molecule has 0 saturated carbocycles. The number of ether oxygens (including phenoxy) is 3. The van der Waals surface area contributed by atoms with Crippen molar-refractivity contribution in [2.45, 2.75) is 13.8 Å². The van der Waals surface area contributed by atoms with E-state index in [1.165, 1.54) is 19.4 Å². The number of nitrogens with zero attached hydrogens (tertiary/aromatic N) is 1. The molecule has 0 N–H and O–H groups in total. The van der Waals surface area contributed by atoms with E-state index in [1.807, 2.05) is 13.8 Å². The molecule has 146 valence electrons. The molecule has 3 aromatic rings. The molecule has 0 bridgehead atoms. The molecule has 28 heavy (non-hydrogen) atoms. The molecule has 7 nitrogen and oxygen atoms in total. The van der Waals surface area contributed by atoms with E-state index in [-0.39, 0.29) is 11.2 Å². The van der Waals surface area contributed by atoms with Gasteiger partial charge in [-0.15, -0.1) is 0 Å². The summed E-state index contributed by atoms with van der Waals surface area (Å²) in [6.45, 7) is 4.82. The number of methoxy groups -OCH3 is 1. The quantitative estimate of drug-likeness (QED) is 0.626. The third-order valence-electron chi connectivity index (χ3n) is 4.23. The van der Waals surface area contributed by atoms with Gasteiger partial charge in [-0.2, -0.15) is 0 Å². The minimum Gasteiger partial charge on any atom is -0.493 e. The summed E-state index contributed by atoms with van der Waals surface area (Å²) in [5.41, 5.74) is -0.0454. The first-order chi connectivity index (χ1) is 13.6. The van der Waals surface area contributed by atoms with Crippen molar-refractivity contribution in [3.8, 4) is 23.0 Å². The zero-order chi connectivity index (χ0) is 20.1. The maximum atomic E-state index is 12.7. The van der Waals surface area contributed by atoms with E-state index in [4.69, 9.17) is 18.6 Å². The lowest BCUT2D eigenvalue weighted by Crippen LogP contribution is -2.33. The van der Waals surface area contributed by atoms with Crippen LogP contribution < -0.4 is 19.6 Å². The van der Waals surface area contributed by atoms with E-state index >= 15 is 0 Å². The fourth-order valence-corrected chi connectivity index (χ4v) is 2.69. The molecular formula is C21H21NO6. The first kappa shape index (κ1) is 19.3. The molecule has 0 fully saturated rings. The number of carbonyl (C=O) groups excluding carboxylic acids is 1. The Morgan fingerprint density at radius 1 is 1.04 bits per heavy atom. The highest BCUT2D eigenvalue weighted by molar-refractivity contribution is 5.80. The molecule has 0 unspecified atom stereocenters. The summed E-state index contributed by atoms with van der Waals surface area (Å²) in [7, 11) is 1.52. The maximum Gasteiger partial charge on any atom is 0.415 e. The first-order valence-electron chi connectivity index (χ1n) is 8.90. The van der Waals surface area contributed by atoms with Crippen LogP contribution in [-0.4, -0.2) is 31.2 Å².